The molecule has 1 aliphatic heterocycles. The minimum atomic E-state index is -0.973. The largest absolute Gasteiger partial charge is 0.481 e. The van der Waals surface area contributed by atoms with E-state index in [0.717, 1.165) is 0 Å². The second-order valence-electron chi connectivity index (χ2n) is 5.47. The number of hydrogen-bond acceptors (Lipinski definition) is 4. The van der Waals surface area contributed by atoms with Crippen LogP contribution >= 0.6 is 11.6 Å². The van der Waals surface area contributed by atoms with Crippen molar-refractivity contribution in [2.45, 2.75) is 12.5 Å². The Labute approximate surface area is 143 Å². The number of amides is 1. The van der Waals surface area contributed by atoms with Crippen molar-refractivity contribution in [1.82, 2.24) is 4.90 Å². The van der Waals surface area contributed by atoms with Gasteiger partial charge in [-0.15, -0.1) is 0 Å². The predicted octanol–water partition coefficient (Wildman–Crippen LogP) is 2.92. The predicted molar refractivity (Wildman–Crippen MR) is 87.1 cm³/mol. The Balaban J connectivity index is 1.82. The quantitative estimate of drug-likeness (QED) is 0.918. The van der Waals surface area contributed by atoms with Crippen molar-refractivity contribution in [1.29, 1.82) is 0 Å². The van der Waals surface area contributed by atoms with Crippen molar-refractivity contribution in [3.05, 3.63) is 47.2 Å². The van der Waals surface area contributed by atoms with Crippen LogP contribution < -0.4 is 0 Å². The van der Waals surface area contributed by atoms with Crippen molar-refractivity contribution in [3.63, 3.8) is 0 Å². The molecule has 1 N–H and O–H groups in total. The zero-order valence-electron chi connectivity index (χ0n) is 12.8. The van der Waals surface area contributed by atoms with Gasteiger partial charge in [-0.25, -0.2) is 0 Å². The van der Waals surface area contributed by atoms with Gasteiger partial charge in [-0.2, -0.15) is 0 Å². The molecule has 1 aromatic heterocycles. The van der Waals surface area contributed by atoms with E-state index < -0.39 is 12.0 Å². The van der Waals surface area contributed by atoms with Gasteiger partial charge in [-0.05, 0) is 24.3 Å². The molecule has 1 aliphatic rings. The van der Waals surface area contributed by atoms with Crippen molar-refractivity contribution in [3.8, 4) is 11.3 Å². The lowest BCUT2D eigenvalue weighted by molar-refractivity contribution is -0.139. The number of morpholine rings is 1. The summed E-state index contributed by atoms with van der Waals surface area (Å²) in [5.41, 5.74) is 0.697. The average molecular weight is 350 g/mol. The fraction of sp³-hybridized carbons (Fsp3) is 0.294. The van der Waals surface area contributed by atoms with Crippen LogP contribution in [0.5, 0.6) is 0 Å². The smallest absolute Gasteiger partial charge is 0.305 e. The van der Waals surface area contributed by atoms with Gasteiger partial charge < -0.3 is 19.2 Å². The van der Waals surface area contributed by atoms with E-state index >= 15 is 0 Å². The van der Waals surface area contributed by atoms with Crippen LogP contribution in [0.15, 0.2) is 40.8 Å². The maximum absolute atomic E-state index is 12.7. The number of halogens is 1. The van der Waals surface area contributed by atoms with Gasteiger partial charge in [-0.3, -0.25) is 9.59 Å². The molecule has 0 spiro atoms. The van der Waals surface area contributed by atoms with Crippen LogP contribution in [0.3, 0.4) is 0 Å². The molecule has 0 saturated carbocycles. The number of ether oxygens (including phenoxy) is 1. The Bertz CT molecular complexity index is 757. The number of nitrogens with zero attached hydrogens (tertiary/aromatic N) is 1. The molecular formula is C17H16ClNO5. The van der Waals surface area contributed by atoms with E-state index in [-0.39, 0.29) is 24.7 Å². The molecule has 6 nitrogen and oxygen atoms in total. The molecule has 0 bridgehead atoms. The zero-order chi connectivity index (χ0) is 17.1. The Morgan fingerprint density at radius 3 is 2.79 bits per heavy atom. The first-order chi connectivity index (χ1) is 11.6. The molecule has 1 saturated heterocycles. The first-order valence-corrected chi connectivity index (χ1v) is 7.89. The second kappa shape index (κ2) is 7.07. The van der Waals surface area contributed by atoms with Gasteiger partial charge in [-0.1, -0.05) is 23.7 Å². The minimum absolute atomic E-state index is 0.155. The highest BCUT2D eigenvalue weighted by Gasteiger charge is 2.31. The summed E-state index contributed by atoms with van der Waals surface area (Å²) < 4.78 is 10.9. The number of carboxylic acid groups (broad SMARTS) is 1. The summed E-state index contributed by atoms with van der Waals surface area (Å²) in [6.45, 7) is 0.912. The molecule has 1 fully saturated rings. The van der Waals surface area contributed by atoms with Gasteiger partial charge >= 0.3 is 5.97 Å². The summed E-state index contributed by atoms with van der Waals surface area (Å²) in [6.07, 6.45) is -0.163. The average Bonchev–Trinajstić information content (AvgIpc) is 3.04. The highest BCUT2D eigenvalue weighted by molar-refractivity contribution is 6.33. The molecule has 24 heavy (non-hydrogen) atoms. The molecule has 1 atom stereocenters. The fourth-order valence-electron chi connectivity index (χ4n) is 2.69. The van der Waals surface area contributed by atoms with Gasteiger partial charge in [0.25, 0.3) is 5.91 Å². The van der Waals surface area contributed by atoms with Gasteiger partial charge in [0, 0.05) is 12.1 Å². The third kappa shape index (κ3) is 3.44. The molecule has 3 rings (SSSR count). The maximum atomic E-state index is 12.7. The lowest BCUT2D eigenvalue weighted by atomic mass is 10.1. The molecular weight excluding hydrogens is 334 g/mol. The van der Waals surface area contributed by atoms with Gasteiger partial charge in [0.05, 0.1) is 30.7 Å². The van der Waals surface area contributed by atoms with E-state index in [4.69, 9.17) is 25.9 Å². The highest BCUT2D eigenvalue weighted by atomic mass is 35.5. The standard InChI is InChI=1S/C17H16ClNO5/c18-13-4-2-1-3-12(13)14-5-6-15(24-14)17(22)19-7-8-23-10-11(19)9-16(20)21/h1-6,11H,7-10H2,(H,20,21). The summed E-state index contributed by atoms with van der Waals surface area (Å²) in [6, 6.07) is 9.94. The monoisotopic (exact) mass is 349 g/mol. The minimum Gasteiger partial charge on any atom is -0.481 e. The third-order valence-corrected chi connectivity index (χ3v) is 4.18. The Morgan fingerprint density at radius 2 is 2.04 bits per heavy atom. The summed E-state index contributed by atoms with van der Waals surface area (Å²) in [5, 5.41) is 9.52. The van der Waals surface area contributed by atoms with Crippen molar-refractivity contribution in [2.75, 3.05) is 19.8 Å². The Morgan fingerprint density at radius 1 is 1.25 bits per heavy atom. The summed E-state index contributed by atoms with van der Waals surface area (Å²) in [4.78, 5) is 25.1. The van der Waals surface area contributed by atoms with Gasteiger partial charge in [0.15, 0.2) is 5.76 Å². The molecule has 126 valence electrons. The molecule has 1 aromatic carbocycles. The van der Waals surface area contributed by atoms with Crippen LogP contribution in [0.4, 0.5) is 0 Å². The number of furan rings is 1. The lowest BCUT2D eigenvalue weighted by Crippen LogP contribution is -2.49. The van der Waals surface area contributed by atoms with Crippen LogP contribution in [0.25, 0.3) is 11.3 Å². The number of hydrogen-bond donors (Lipinski definition) is 1. The molecule has 0 radical (unpaired) electrons. The number of carboxylic acids is 1. The number of rotatable bonds is 4. The lowest BCUT2D eigenvalue weighted by Gasteiger charge is -2.34. The summed E-state index contributed by atoms with van der Waals surface area (Å²) in [5.74, 6) is -0.670. The maximum Gasteiger partial charge on any atom is 0.305 e. The Kier molecular flexibility index (Phi) is 4.87. The third-order valence-electron chi connectivity index (χ3n) is 3.85. The normalized spacial score (nSPS) is 17.7. The van der Waals surface area contributed by atoms with E-state index in [9.17, 15) is 9.59 Å². The number of carbonyl (C=O) groups is 2. The number of carbonyl (C=O) groups excluding carboxylic acids is 1. The molecule has 1 amide bonds. The topological polar surface area (TPSA) is 80.0 Å². The first-order valence-electron chi connectivity index (χ1n) is 7.51. The van der Waals surface area contributed by atoms with E-state index in [1.807, 2.05) is 12.1 Å². The zero-order valence-corrected chi connectivity index (χ0v) is 13.5. The SMILES string of the molecule is O=C(O)CC1COCCN1C(=O)c1ccc(-c2ccccc2Cl)o1. The molecule has 2 heterocycles. The number of aliphatic carboxylic acids is 1. The van der Waals surface area contributed by atoms with Crippen LogP contribution in [0.1, 0.15) is 17.0 Å². The van der Waals surface area contributed by atoms with Gasteiger partial charge in [0.1, 0.15) is 5.76 Å². The van der Waals surface area contributed by atoms with Crippen LogP contribution in [0, 0.1) is 0 Å². The van der Waals surface area contributed by atoms with E-state index in [1.54, 1.807) is 24.3 Å². The number of benzene rings is 1. The molecule has 2 aromatic rings. The second-order valence-corrected chi connectivity index (χ2v) is 5.88. The summed E-state index contributed by atoms with van der Waals surface area (Å²) in [7, 11) is 0. The van der Waals surface area contributed by atoms with Crippen molar-refractivity contribution >= 4 is 23.5 Å². The van der Waals surface area contributed by atoms with E-state index in [0.29, 0.717) is 29.5 Å². The molecule has 1 unspecified atom stereocenters. The van der Waals surface area contributed by atoms with Crippen molar-refractivity contribution < 1.29 is 23.8 Å². The highest BCUT2D eigenvalue weighted by Crippen LogP contribution is 2.29. The first kappa shape index (κ1) is 16.5. The molecule has 7 heteroatoms. The van der Waals surface area contributed by atoms with Crippen LogP contribution in [0.2, 0.25) is 5.02 Å². The van der Waals surface area contributed by atoms with E-state index in [1.165, 1.54) is 4.90 Å². The van der Waals surface area contributed by atoms with Crippen molar-refractivity contribution in [2.24, 2.45) is 0 Å². The van der Waals surface area contributed by atoms with Gasteiger partial charge in [0.2, 0.25) is 0 Å². The van der Waals surface area contributed by atoms with Crippen LogP contribution in [-0.2, 0) is 9.53 Å². The van der Waals surface area contributed by atoms with Crippen LogP contribution in [-0.4, -0.2) is 47.7 Å². The fourth-order valence-corrected chi connectivity index (χ4v) is 2.92. The Hall–Kier alpha value is -2.31. The molecule has 0 aliphatic carbocycles. The summed E-state index contributed by atoms with van der Waals surface area (Å²) >= 11 is 6.14. The van der Waals surface area contributed by atoms with E-state index in [2.05, 4.69) is 0 Å².